The Bertz CT molecular complexity index is 979. The minimum atomic E-state index is -0.501. The van der Waals surface area contributed by atoms with Crippen molar-refractivity contribution in [1.29, 1.82) is 0 Å². The van der Waals surface area contributed by atoms with E-state index in [-0.39, 0.29) is 24.3 Å². The molecule has 2 heterocycles. The van der Waals surface area contributed by atoms with Gasteiger partial charge in [-0.3, -0.25) is 13.9 Å². The van der Waals surface area contributed by atoms with Crippen LogP contribution >= 0.6 is 23.2 Å². The smallest absolute Gasteiger partial charge is 0.279 e. The molecule has 0 saturated carbocycles. The van der Waals surface area contributed by atoms with E-state index in [4.69, 9.17) is 23.2 Å². The van der Waals surface area contributed by atoms with E-state index >= 15 is 0 Å². The first kappa shape index (κ1) is 17.4. The third-order valence-electron chi connectivity index (χ3n) is 3.69. The lowest BCUT2D eigenvalue weighted by Crippen LogP contribution is -2.41. The number of hydrogen-bond donors (Lipinski definition) is 0. The van der Waals surface area contributed by atoms with Gasteiger partial charge in [-0.1, -0.05) is 35.3 Å². The highest BCUT2D eigenvalue weighted by molar-refractivity contribution is 6.30. The summed E-state index contributed by atoms with van der Waals surface area (Å²) >= 11 is 12.0. The second-order valence-corrected chi connectivity index (χ2v) is 6.34. The molecule has 0 aliphatic rings. The Labute approximate surface area is 152 Å². The highest BCUT2D eigenvalue weighted by atomic mass is 35.5. The summed E-state index contributed by atoms with van der Waals surface area (Å²) in [4.78, 5) is 26.3. The lowest BCUT2D eigenvalue weighted by Gasteiger charge is -2.15. The van der Waals surface area contributed by atoms with Crippen LogP contribution in [-0.2, 0) is 13.1 Å². The van der Waals surface area contributed by atoms with Gasteiger partial charge in [-0.15, -0.1) is 10.2 Å². The minimum Gasteiger partial charge on any atom is -0.279 e. The van der Waals surface area contributed by atoms with Gasteiger partial charge in [-0.2, -0.15) is 4.80 Å². The molecule has 0 fully saturated rings. The maximum Gasteiger partial charge on any atom is 0.332 e. The summed E-state index contributed by atoms with van der Waals surface area (Å²) in [5.74, 6) is 0. The lowest BCUT2D eigenvalue weighted by atomic mass is 10.2. The Morgan fingerprint density at radius 1 is 1.12 bits per heavy atom. The summed E-state index contributed by atoms with van der Waals surface area (Å²) in [5.41, 5.74) is -0.140. The van der Waals surface area contributed by atoms with Crippen LogP contribution in [0.4, 0.5) is 0 Å². The van der Waals surface area contributed by atoms with Crippen molar-refractivity contribution in [1.82, 2.24) is 29.3 Å². The summed E-state index contributed by atoms with van der Waals surface area (Å²) in [6, 6.07) is 7.94. The second-order valence-electron chi connectivity index (χ2n) is 5.52. The van der Waals surface area contributed by atoms with Crippen LogP contribution in [0.2, 0.25) is 10.2 Å². The molecule has 10 heteroatoms. The van der Waals surface area contributed by atoms with Crippen molar-refractivity contribution in [2.24, 2.45) is 0 Å². The summed E-state index contributed by atoms with van der Waals surface area (Å²) in [7, 11) is 0. The van der Waals surface area contributed by atoms with E-state index in [0.29, 0.717) is 5.02 Å². The third-order valence-corrected chi connectivity index (χ3v) is 4.25. The molecular formula is C15H14Cl2N6O2. The van der Waals surface area contributed by atoms with Crippen LogP contribution in [0.5, 0.6) is 0 Å². The Hall–Kier alpha value is -2.45. The number of nitrogens with zero attached hydrogens (tertiary/aromatic N) is 6. The van der Waals surface area contributed by atoms with E-state index in [1.807, 2.05) is 0 Å². The number of rotatable bonds is 5. The molecule has 0 spiro atoms. The topological polar surface area (TPSA) is 87.6 Å². The molecule has 1 atom stereocenters. The Kier molecular flexibility index (Phi) is 5.00. The van der Waals surface area contributed by atoms with Crippen LogP contribution in [0.25, 0.3) is 0 Å². The van der Waals surface area contributed by atoms with Gasteiger partial charge in [0, 0.05) is 11.1 Å². The first-order valence-corrected chi connectivity index (χ1v) is 8.18. The summed E-state index contributed by atoms with van der Waals surface area (Å²) < 4.78 is 2.43. The van der Waals surface area contributed by atoms with Gasteiger partial charge in [0.1, 0.15) is 5.15 Å². The average molecular weight is 381 g/mol. The number of halogens is 2. The summed E-state index contributed by atoms with van der Waals surface area (Å²) in [6.07, 6.45) is 1.29. The quantitative estimate of drug-likeness (QED) is 0.627. The van der Waals surface area contributed by atoms with Crippen molar-refractivity contribution in [3.8, 4) is 0 Å². The van der Waals surface area contributed by atoms with Gasteiger partial charge in [0.05, 0.1) is 19.1 Å². The Morgan fingerprint density at radius 2 is 1.84 bits per heavy atom. The van der Waals surface area contributed by atoms with Crippen LogP contribution in [0.3, 0.4) is 0 Å². The van der Waals surface area contributed by atoms with Gasteiger partial charge in [0.15, 0.2) is 6.33 Å². The van der Waals surface area contributed by atoms with Gasteiger partial charge in [-0.05, 0) is 29.8 Å². The highest BCUT2D eigenvalue weighted by Gasteiger charge is 2.15. The normalized spacial score (nSPS) is 12.3. The number of tetrazole rings is 1. The van der Waals surface area contributed by atoms with Crippen molar-refractivity contribution >= 4 is 23.2 Å². The standard InChI is InChI=1S/C15H14Cl2N6O2/c1-10(23-19-9-18-20-23)7-22-14(24)6-13(17)21(15(22)25)8-11-2-4-12(16)5-3-11/h2-6,9-10H,7-8H2,1H3. The lowest BCUT2D eigenvalue weighted by molar-refractivity contribution is 0.361. The van der Waals surface area contributed by atoms with Crippen LogP contribution in [0, 0.1) is 0 Å². The number of hydrogen-bond acceptors (Lipinski definition) is 5. The van der Waals surface area contributed by atoms with Gasteiger partial charge < -0.3 is 0 Å². The molecule has 1 aromatic carbocycles. The van der Waals surface area contributed by atoms with Gasteiger partial charge in [0.25, 0.3) is 5.56 Å². The molecule has 0 bridgehead atoms. The zero-order chi connectivity index (χ0) is 18.0. The third kappa shape index (κ3) is 3.80. The van der Waals surface area contributed by atoms with Gasteiger partial charge in [0.2, 0.25) is 0 Å². The zero-order valence-corrected chi connectivity index (χ0v) is 14.7. The largest absolute Gasteiger partial charge is 0.332 e. The van der Waals surface area contributed by atoms with Gasteiger partial charge in [-0.25, -0.2) is 4.79 Å². The summed E-state index contributed by atoms with van der Waals surface area (Å²) in [5, 5.41) is 12.0. The Balaban J connectivity index is 1.95. The fourth-order valence-electron chi connectivity index (χ4n) is 2.39. The molecule has 0 radical (unpaired) electrons. The molecule has 1 unspecified atom stereocenters. The van der Waals surface area contributed by atoms with Crippen molar-refractivity contribution in [3.63, 3.8) is 0 Å². The molecule has 0 aliphatic heterocycles. The molecule has 8 nitrogen and oxygen atoms in total. The molecule has 0 aliphatic carbocycles. The molecule has 0 amide bonds. The SMILES string of the molecule is CC(Cn1c(=O)cc(Cl)n(Cc2ccc(Cl)cc2)c1=O)n1ncnn1. The monoisotopic (exact) mass is 380 g/mol. The maximum atomic E-state index is 12.7. The second kappa shape index (κ2) is 7.20. The molecule has 2 aromatic heterocycles. The summed E-state index contributed by atoms with van der Waals surface area (Å²) in [6.45, 7) is 2.11. The first-order valence-electron chi connectivity index (χ1n) is 7.43. The van der Waals surface area contributed by atoms with E-state index in [2.05, 4.69) is 15.4 Å². The van der Waals surface area contributed by atoms with Crippen LogP contribution in [-0.4, -0.2) is 29.3 Å². The number of benzene rings is 1. The van der Waals surface area contributed by atoms with Crippen molar-refractivity contribution in [3.05, 3.63) is 73.2 Å². The van der Waals surface area contributed by atoms with E-state index < -0.39 is 11.2 Å². The molecular weight excluding hydrogens is 367 g/mol. The maximum absolute atomic E-state index is 12.7. The van der Waals surface area contributed by atoms with E-state index in [1.165, 1.54) is 21.8 Å². The minimum absolute atomic E-state index is 0.0766. The highest BCUT2D eigenvalue weighted by Crippen LogP contribution is 2.12. The predicted molar refractivity (Wildman–Crippen MR) is 93.1 cm³/mol. The van der Waals surface area contributed by atoms with Crippen LogP contribution < -0.4 is 11.2 Å². The fourth-order valence-corrected chi connectivity index (χ4v) is 2.74. The van der Waals surface area contributed by atoms with Crippen LogP contribution in [0.15, 0.2) is 46.2 Å². The molecule has 3 rings (SSSR count). The Morgan fingerprint density at radius 3 is 2.48 bits per heavy atom. The first-order chi connectivity index (χ1) is 12.0. The van der Waals surface area contributed by atoms with E-state index in [9.17, 15) is 9.59 Å². The molecule has 130 valence electrons. The molecule has 25 heavy (non-hydrogen) atoms. The fraction of sp³-hybridized carbons (Fsp3) is 0.267. The predicted octanol–water partition coefficient (Wildman–Crippen LogP) is 1.61. The molecule has 0 saturated heterocycles. The van der Waals surface area contributed by atoms with Crippen molar-refractivity contribution < 1.29 is 0 Å². The van der Waals surface area contributed by atoms with Crippen molar-refractivity contribution in [2.45, 2.75) is 26.1 Å². The average Bonchev–Trinajstić information content (AvgIpc) is 3.11. The molecule has 3 aromatic rings. The van der Waals surface area contributed by atoms with E-state index in [0.717, 1.165) is 10.1 Å². The van der Waals surface area contributed by atoms with E-state index in [1.54, 1.807) is 31.2 Å². The van der Waals surface area contributed by atoms with Gasteiger partial charge >= 0.3 is 5.69 Å². The zero-order valence-electron chi connectivity index (χ0n) is 13.2. The van der Waals surface area contributed by atoms with Crippen LogP contribution in [0.1, 0.15) is 18.5 Å². The van der Waals surface area contributed by atoms with Crippen molar-refractivity contribution in [2.75, 3.05) is 0 Å². The number of aromatic nitrogens is 6. The molecule has 0 N–H and O–H groups in total.